The molecule has 346 valence electrons. The second kappa shape index (κ2) is 29.8. The minimum absolute atomic E-state index is 0.0881. The van der Waals surface area contributed by atoms with Gasteiger partial charge >= 0.3 is 41.4 Å². The number of halogens is 4. The van der Waals surface area contributed by atoms with Crippen LogP contribution in [0, 0.1) is 30.6 Å². The molecule has 64 heavy (non-hydrogen) atoms. The van der Waals surface area contributed by atoms with E-state index < -0.39 is 58.3 Å². The Morgan fingerprint density at radius 1 is 0.750 bits per heavy atom. The van der Waals surface area contributed by atoms with Gasteiger partial charge in [0.25, 0.3) is 0 Å². The van der Waals surface area contributed by atoms with E-state index in [2.05, 4.69) is 19.7 Å². The van der Waals surface area contributed by atoms with Gasteiger partial charge in [-0.2, -0.15) is 0 Å². The first kappa shape index (κ1) is 55.6. The molecule has 1 fully saturated rings. The average molecular weight is 916 g/mol. The molecule has 0 saturated carbocycles. The lowest BCUT2D eigenvalue weighted by molar-refractivity contribution is -0.152. The number of alkyl halides is 1. The number of nitrogens with one attached hydrogen (secondary N) is 1. The van der Waals surface area contributed by atoms with Gasteiger partial charge in [0.05, 0.1) is 57.9 Å². The van der Waals surface area contributed by atoms with Crippen LogP contribution in [0.15, 0.2) is 72.8 Å². The number of ether oxygens (including phenoxy) is 5. The molecule has 3 aromatic rings. The summed E-state index contributed by atoms with van der Waals surface area (Å²) in [6.07, 6.45) is 0.620. The van der Waals surface area contributed by atoms with E-state index in [1.165, 1.54) is 54.6 Å². The molecule has 18 heteroatoms. The van der Waals surface area contributed by atoms with Crippen molar-refractivity contribution in [2.24, 2.45) is 0 Å². The van der Waals surface area contributed by atoms with Gasteiger partial charge in [-0.1, -0.05) is 36.4 Å². The summed E-state index contributed by atoms with van der Waals surface area (Å²) >= 11 is 5.23. The number of hydrogen-bond donors (Lipinski definition) is 1. The molecule has 1 aliphatic heterocycles. The summed E-state index contributed by atoms with van der Waals surface area (Å²) in [5.74, 6) is -3.78. The second-order valence-corrected chi connectivity index (χ2v) is 13.6. The van der Waals surface area contributed by atoms with Gasteiger partial charge in [0, 0.05) is 24.4 Å². The van der Waals surface area contributed by atoms with Crippen molar-refractivity contribution in [3.8, 4) is 0 Å². The molecule has 0 spiro atoms. The van der Waals surface area contributed by atoms with Gasteiger partial charge < -0.3 is 29.0 Å². The summed E-state index contributed by atoms with van der Waals surface area (Å²) < 4.78 is 63.8. The van der Waals surface area contributed by atoms with Crippen molar-refractivity contribution < 1.29 is 65.6 Å². The lowest BCUT2D eigenvalue weighted by atomic mass is 9.74. The molecule has 1 N–H and O–H groups in total. The van der Waals surface area contributed by atoms with Crippen molar-refractivity contribution >= 4 is 47.4 Å². The van der Waals surface area contributed by atoms with Gasteiger partial charge in [0.15, 0.2) is 0 Å². The van der Waals surface area contributed by atoms with Crippen LogP contribution < -0.4 is 5.32 Å². The van der Waals surface area contributed by atoms with Crippen LogP contribution in [-0.2, 0) is 63.4 Å². The third-order valence-electron chi connectivity index (χ3n) is 8.92. The first-order valence-corrected chi connectivity index (χ1v) is 20.8. The van der Waals surface area contributed by atoms with E-state index in [0.29, 0.717) is 36.5 Å². The smallest absolute Gasteiger partial charge is 0.398 e. The van der Waals surface area contributed by atoms with E-state index in [1.807, 2.05) is 0 Å². The fourth-order valence-electron chi connectivity index (χ4n) is 5.86. The Morgan fingerprint density at radius 2 is 1.30 bits per heavy atom. The fourth-order valence-corrected chi connectivity index (χ4v) is 6.02. The summed E-state index contributed by atoms with van der Waals surface area (Å²) in [6, 6.07) is 15.5. The topological polar surface area (TPSA) is 169 Å². The van der Waals surface area contributed by atoms with Crippen molar-refractivity contribution in [3.05, 3.63) is 130 Å². The molecule has 0 bridgehead atoms. The van der Waals surface area contributed by atoms with Crippen LogP contribution in [-0.4, -0.2) is 81.2 Å². The number of amides is 1. The van der Waals surface area contributed by atoms with Crippen LogP contribution in [0.4, 0.5) is 13.2 Å². The number of nitrogens with zero attached hydrogens (tertiary/aromatic N) is 2. The third kappa shape index (κ3) is 17.7. The van der Waals surface area contributed by atoms with Crippen LogP contribution in [0.5, 0.6) is 0 Å². The molecule has 4 rings (SSSR count). The normalized spacial score (nSPS) is 15.0. The fraction of sp³-hybridized carbons (Fsp3) is 0.435. The molecule has 1 amide bonds. The number of piperidine rings is 1. The summed E-state index contributed by atoms with van der Waals surface area (Å²) in [5.41, 5.74) is -1.68. The molecule has 1 aliphatic rings. The van der Waals surface area contributed by atoms with Crippen LogP contribution in [0.25, 0.3) is 9.69 Å². The Kier molecular flexibility index (Phi) is 25.8. The molecule has 1 saturated heterocycles. The van der Waals surface area contributed by atoms with Gasteiger partial charge in [0.1, 0.15) is 22.9 Å². The maximum Gasteiger partial charge on any atom is 0.398 e. The second-order valence-electron chi connectivity index (χ2n) is 13.2. The van der Waals surface area contributed by atoms with Crippen LogP contribution >= 0.6 is 11.6 Å². The molecular weight excluding hydrogens is 863 g/mol. The number of carbonyl (C=O) groups is 6. The average Bonchev–Trinajstić information content (AvgIpc) is 3.26. The number of esters is 5. The van der Waals surface area contributed by atoms with E-state index in [-0.39, 0.29) is 69.7 Å². The molecule has 3 atom stereocenters. The first-order chi connectivity index (χ1) is 30.6. The lowest BCUT2D eigenvalue weighted by Gasteiger charge is -2.35. The zero-order valence-corrected chi connectivity index (χ0v) is 37.1. The third-order valence-corrected chi connectivity index (χ3v) is 9.11. The molecule has 0 aliphatic carbocycles. The molecule has 14 nitrogen and oxygen atoms in total. The van der Waals surface area contributed by atoms with E-state index in [1.54, 1.807) is 46.8 Å². The Labute approximate surface area is 376 Å². The van der Waals surface area contributed by atoms with Crippen molar-refractivity contribution in [2.75, 3.05) is 45.5 Å². The summed E-state index contributed by atoms with van der Waals surface area (Å²) in [5, 5.41) is 2.67. The van der Waals surface area contributed by atoms with E-state index in [0.717, 1.165) is 6.07 Å². The zero-order chi connectivity index (χ0) is 48.1. The highest BCUT2D eigenvalue weighted by molar-refractivity contribution is 6.18. The molecule has 3 unspecified atom stereocenters. The highest BCUT2D eigenvalue weighted by atomic mass is 35.5. The number of hydrogen-bond acceptors (Lipinski definition) is 11. The van der Waals surface area contributed by atoms with Crippen LogP contribution in [0.3, 0.4) is 0 Å². The molecule has 0 aromatic heterocycles. The highest BCUT2D eigenvalue weighted by Gasteiger charge is 2.50. The SMILES string of the molecule is CCOC(=O)C1(c2cccc(F)c2)CCC(=O)NC1.CCOC(=O)CCCl.[C-]#[N+]C(C(=O)OCC)c1cccc(F)c1.[C-]#[N+]C(CCC(=O)OCC)(C(=O)OCC)c1cccc(F)c1. The minimum Gasteiger partial charge on any atom is -0.466 e. The van der Waals surface area contributed by atoms with Gasteiger partial charge in [-0.3, -0.25) is 28.9 Å². The van der Waals surface area contributed by atoms with Crippen molar-refractivity contribution in [1.82, 2.24) is 5.32 Å². The van der Waals surface area contributed by atoms with E-state index >= 15 is 0 Å². The van der Waals surface area contributed by atoms with Crippen molar-refractivity contribution in [2.45, 2.75) is 83.7 Å². The maximum atomic E-state index is 13.5. The number of benzene rings is 3. The summed E-state index contributed by atoms with van der Waals surface area (Å²) in [4.78, 5) is 75.5. The van der Waals surface area contributed by atoms with Gasteiger partial charge in [0.2, 0.25) is 5.91 Å². The Balaban J connectivity index is 0.000000448. The van der Waals surface area contributed by atoms with Gasteiger partial charge in [-0.25, -0.2) is 35.9 Å². The van der Waals surface area contributed by atoms with Gasteiger partial charge in [-0.15, -0.1) is 11.6 Å². The van der Waals surface area contributed by atoms with E-state index in [9.17, 15) is 41.9 Å². The first-order valence-electron chi connectivity index (χ1n) is 20.3. The van der Waals surface area contributed by atoms with E-state index in [4.69, 9.17) is 43.7 Å². The molecule has 3 aromatic carbocycles. The van der Waals surface area contributed by atoms with Crippen LogP contribution in [0.2, 0.25) is 0 Å². The van der Waals surface area contributed by atoms with Crippen molar-refractivity contribution in [3.63, 3.8) is 0 Å². The lowest BCUT2D eigenvalue weighted by Crippen LogP contribution is -2.51. The summed E-state index contributed by atoms with van der Waals surface area (Å²) in [6.45, 7) is 24.1. The quantitative estimate of drug-likeness (QED) is 0.0642. The molecular formula is C46H53ClF3N3O11. The van der Waals surface area contributed by atoms with Gasteiger partial charge in [-0.05, 0) is 83.0 Å². The maximum absolute atomic E-state index is 13.5. The molecule has 0 radical (unpaired) electrons. The predicted molar refractivity (Wildman–Crippen MR) is 228 cm³/mol. The monoisotopic (exact) mass is 915 g/mol. The van der Waals surface area contributed by atoms with Crippen molar-refractivity contribution in [1.29, 1.82) is 0 Å². The minimum atomic E-state index is -1.75. The molecule has 1 heterocycles. The largest absolute Gasteiger partial charge is 0.466 e. The Morgan fingerprint density at radius 3 is 1.78 bits per heavy atom. The van der Waals surface area contributed by atoms with Crippen LogP contribution in [0.1, 0.15) is 89.5 Å². The summed E-state index contributed by atoms with van der Waals surface area (Å²) in [7, 11) is 0. The Bertz CT molecular complexity index is 2070. The standard InChI is InChI=1S/C16H18FNO4.C14H16FNO3.C11H10FNO2.C5H9ClO2/c1-4-21-14(19)9-10-16(18-3,15(20)22-5-2)12-7-6-8-13(17)11-12;1-2-19-13(18)14(7-6-12(17)16-9-14)10-4-3-5-11(15)8-10;1-3-15-11(14)10(13-2)8-5-4-6-9(12)7-8;1-2-8-5(7)3-4-6/h6-8,11H,4-5,9-10H2,1-2H3;3-5,8H,2,6-7,9H2,1H3,(H,16,17);4-7,10H,3H2,1H3;2-4H2,1H3. The highest BCUT2D eigenvalue weighted by Crippen LogP contribution is 2.35. The number of carbonyl (C=O) groups excluding carboxylic acids is 6. The Hall–Kier alpha value is -6.46. The predicted octanol–water partition coefficient (Wildman–Crippen LogP) is 7.91. The number of rotatable bonds is 16. The zero-order valence-electron chi connectivity index (χ0n) is 36.4.